The number of aromatic amines is 1. The quantitative estimate of drug-likeness (QED) is 0.745. The molecule has 4 heteroatoms. The maximum absolute atomic E-state index is 10.4. The molecule has 0 amide bonds. The second-order valence-electron chi connectivity index (χ2n) is 3.87. The number of H-pyrrole nitrogens is 1. The van der Waals surface area contributed by atoms with E-state index >= 15 is 0 Å². The van der Waals surface area contributed by atoms with Crippen molar-refractivity contribution in [1.82, 2.24) is 9.88 Å². The van der Waals surface area contributed by atoms with Crippen molar-refractivity contribution in [3.05, 3.63) is 24.0 Å². The van der Waals surface area contributed by atoms with Gasteiger partial charge in [0.2, 0.25) is 0 Å². The van der Waals surface area contributed by atoms with Crippen LogP contribution in [0, 0.1) is 0 Å². The fourth-order valence-electron chi connectivity index (χ4n) is 1.46. The molecule has 84 valence electrons. The van der Waals surface area contributed by atoms with Gasteiger partial charge in [-0.3, -0.25) is 4.79 Å². The Morgan fingerprint density at radius 1 is 1.67 bits per heavy atom. The first kappa shape index (κ1) is 11.8. The van der Waals surface area contributed by atoms with E-state index in [1.54, 1.807) is 0 Å². The number of nitrogens with one attached hydrogen (secondary N) is 1. The highest BCUT2D eigenvalue weighted by molar-refractivity contribution is 5.66. The van der Waals surface area contributed by atoms with Crippen molar-refractivity contribution >= 4 is 5.97 Å². The Hall–Kier alpha value is -1.29. The Labute approximate surface area is 89.9 Å². The summed E-state index contributed by atoms with van der Waals surface area (Å²) in [6.07, 6.45) is 3.02. The molecule has 0 radical (unpaired) electrons. The summed E-state index contributed by atoms with van der Waals surface area (Å²) < 4.78 is 0. The minimum atomic E-state index is -0.742. The Morgan fingerprint density at radius 2 is 2.40 bits per heavy atom. The first-order valence-corrected chi connectivity index (χ1v) is 5.14. The SMILES string of the molecule is CC(Cc1ccc[nH]1)N(C)CCC(=O)O. The third-order valence-corrected chi connectivity index (χ3v) is 2.61. The normalized spacial score (nSPS) is 13.0. The van der Waals surface area contributed by atoms with E-state index in [1.165, 1.54) is 5.69 Å². The lowest BCUT2D eigenvalue weighted by Crippen LogP contribution is -2.32. The van der Waals surface area contributed by atoms with Crippen LogP contribution in [0.3, 0.4) is 0 Å². The van der Waals surface area contributed by atoms with Crippen LogP contribution in [0.4, 0.5) is 0 Å². The molecule has 0 aliphatic rings. The highest BCUT2D eigenvalue weighted by Crippen LogP contribution is 2.05. The average molecular weight is 210 g/mol. The number of likely N-dealkylation sites (N-methyl/N-ethyl adjacent to an activating group) is 1. The number of hydrogen-bond acceptors (Lipinski definition) is 2. The van der Waals surface area contributed by atoms with Crippen LogP contribution in [0.5, 0.6) is 0 Å². The largest absolute Gasteiger partial charge is 0.481 e. The van der Waals surface area contributed by atoms with E-state index in [-0.39, 0.29) is 6.42 Å². The zero-order valence-corrected chi connectivity index (χ0v) is 9.23. The fourth-order valence-corrected chi connectivity index (χ4v) is 1.46. The van der Waals surface area contributed by atoms with E-state index in [1.807, 2.05) is 25.4 Å². The number of carboxylic acid groups (broad SMARTS) is 1. The molecule has 0 saturated carbocycles. The lowest BCUT2D eigenvalue weighted by Gasteiger charge is -2.23. The van der Waals surface area contributed by atoms with Gasteiger partial charge in [0.1, 0.15) is 0 Å². The summed E-state index contributed by atoms with van der Waals surface area (Å²) in [5, 5.41) is 8.57. The average Bonchev–Trinajstić information content (AvgIpc) is 2.66. The molecule has 1 rings (SSSR count). The molecule has 2 N–H and O–H groups in total. The van der Waals surface area contributed by atoms with Gasteiger partial charge in [0.15, 0.2) is 0 Å². The number of aliphatic carboxylic acids is 1. The minimum absolute atomic E-state index is 0.200. The molecule has 1 aromatic rings. The molecule has 1 unspecified atom stereocenters. The second-order valence-corrected chi connectivity index (χ2v) is 3.87. The zero-order valence-electron chi connectivity index (χ0n) is 9.23. The fraction of sp³-hybridized carbons (Fsp3) is 0.545. The molecular weight excluding hydrogens is 192 g/mol. The number of carboxylic acids is 1. The van der Waals surface area contributed by atoms with E-state index in [2.05, 4.69) is 16.8 Å². The first-order chi connectivity index (χ1) is 7.09. The molecular formula is C11H18N2O2. The summed E-state index contributed by atoms with van der Waals surface area (Å²) >= 11 is 0. The lowest BCUT2D eigenvalue weighted by atomic mass is 10.1. The van der Waals surface area contributed by atoms with Gasteiger partial charge in [-0.2, -0.15) is 0 Å². The van der Waals surface area contributed by atoms with Crippen LogP contribution in [0.1, 0.15) is 19.0 Å². The van der Waals surface area contributed by atoms with Gasteiger partial charge in [-0.25, -0.2) is 0 Å². The van der Waals surface area contributed by atoms with E-state index in [4.69, 9.17) is 5.11 Å². The predicted molar refractivity (Wildman–Crippen MR) is 58.8 cm³/mol. The highest BCUT2D eigenvalue weighted by atomic mass is 16.4. The molecule has 15 heavy (non-hydrogen) atoms. The predicted octanol–water partition coefficient (Wildman–Crippen LogP) is 1.35. The van der Waals surface area contributed by atoms with Crippen molar-refractivity contribution in [2.75, 3.05) is 13.6 Å². The Balaban J connectivity index is 2.33. The third kappa shape index (κ3) is 4.16. The Kier molecular flexibility index (Phi) is 4.37. The molecule has 0 spiro atoms. The smallest absolute Gasteiger partial charge is 0.304 e. The number of nitrogens with zero attached hydrogens (tertiary/aromatic N) is 1. The number of hydrogen-bond donors (Lipinski definition) is 2. The van der Waals surface area contributed by atoms with Gasteiger partial charge in [-0.05, 0) is 26.1 Å². The standard InChI is InChI=1S/C11H18N2O2/c1-9(8-10-4-3-6-12-10)13(2)7-5-11(14)15/h3-4,6,9,12H,5,7-8H2,1-2H3,(H,14,15). The van der Waals surface area contributed by atoms with Gasteiger partial charge in [-0.1, -0.05) is 0 Å². The van der Waals surface area contributed by atoms with Crippen molar-refractivity contribution in [2.24, 2.45) is 0 Å². The molecule has 1 aromatic heterocycles. The van der Waals surface area contributed by atoms with E-state index in [0.29, 0.717) is 12.6 Å². The third-order valence-electron chi connectivity index (χ3n) is 2.61. The van der Waals surface area contributed by atoms with Crippen LogP contribution < -0.4 is 0 Å². The molecule has 1 heterocycles. The molecule has 1 atom stereocenters. The Bertz CT molecular complexity index is 296. The maximum atomic E-state index is 10.4. The van der Waals surface area contributed by atoms with Gasteiger partial charge in [0.05, 0.1) is 6.42 Å². The van der Waals surface area contributed by atoms with Gasteiger partial charge in [-0.15, -0.1) is 0 Å². The molecule has 0 saturated heterocycles. The zero-order chi connectivity index (χ0) is 11.3. The first-order valence-electron chi connectivity index (χ1n) is 5.14. The van der Waals surface area contributed by atoms with E-state index in [9.17, 15) is 4.79 Å². The van der Waals surface area contributed by atoms with Crippen LogP contribution in [0.2, 0.25) is 0 Å². The van der Waals surface area contributed by atoms with Crippen molar-refractivity contribution in [2.45, 2.75) is 25.8 Å². The molecule has 0 aliphatic carbocycles. The van der Waals surface area contributed by atoms with Crippen molar-refractivity contribution in [3.8, 4) is 0 Å². The molecule has 0 bridgehead atoms. The summed E-state index contributed by atoms with van der Waals surface area (Å²) in [5.74, 6) is -0.742. The van der Waals surface area contributed by atoms with Gasteiger partial charge < -0.3 is 15.0 Å². The number of rotatable bonds is 6. The topological polar surface area (TPSA) is 56.3 Å². The monoisotopic (exact) mass is 210 g/mol. The summed E-state index contributed by atoms with van der Waals surface area (Å²) in [5.41, 5.74) is 1.18. The van der Waals surface area contributed by atoms with Crippen molar-refractivity contribution in [3.63, 3.8) is 0 Å². The van der Waals surface area contributed by atoms with Crippen LogP contribution in [0.15, 0.2) is 18.3 Å². The lowest BCUT2D eigenvalue weighted by molar-refractivity contribution is -0.137. The minimum Gasteiger partial charge on any atom is -0.481 e. The van der Waals surface area contributed by atoms with Crippen LogP contribution in [-0.4, -0.2) is 40.6 Å². The maximum Gasteiger partial charge on any atom is 0.304 e. The number of carbonyl (C=O) groups is 1. The molecule has 0 aromatic carbocycles. The van der Waals surface area contributed by atoms with E-state index in [0.717, 1.165) is 6.42 Å². The van der Waals surface area contributed by atoms with E-state index < -0.39 is 5.97 Å². The van der Waals surface area contributed by atoms with Crippen LogP contribution in [-0.2, 0) is 11.2 Å². The summed E-state index contributed by atoms with van der Waals surface area (Å²) in [6.45, 7) is 2.69. The second kappa shape index (κ2) is 5.56. The summed E-state index contributed by atoms with van der Waals surface area (Å²) in [6, 6.07) is 4.36. The van der Waals surface area contributed by atoms with Crippen molar-refractivity contribution < 1.29 is 9.90 Å². The summed E-state index contributed by atoms with van der Waals surface area (Å²) in [4.78, 5) is 15.6. The van der Waals surface area contributed by atoms with Gasteiger partial charge in [0.25, 0.3) is 0 Å². The highest BCUT2D eigenvalue weighted by Gasteiger charge is 2.11. The molecule has 4 nitrogen and oxygen atoms in total. The Morgan fingerprint density at radius 3 is 2.93 bits per heavy atom. The summed E-state index contributed by atoms with van der Waals surface area (Å²) in [7, 11) is 1.95. The molecule has 0 fully saturated rings. The molecule has 0 aliphatic heterocycles. The van der Waals surface area contributed by atoms with Gasteiger partial charge in [0, 0.05) is 30.9 Å². The van der Waals surface area contributed by atoms with Crippen LogP contribution >= 0.6 is 0 Å². The van der Waals surface area contributed by atoms with Crippen molar-refractivity contribution in [1.29, 1.82) is 0 Å². The van der Waals surface area contributed by atoms with Crippen LogP contribution in [0.25, 0.3) is 0 Å². The van der Waals surface area contributed by atoms with Gasteiger partial charge >= 0.3 is 5.97 Å². The number of aromatic nitrogens is 1.